The van der Waals surface area contributed by atoms with Crippen LogP contribution in [-0.2, 0) is 11.8 Å². The van der Waals surface area contributed by atoms with Gasteiger partial charge in [0, 0.05) is 18.4 Å². The van der Waals surface area contributed by atoms with Crippen LogP contribution in [0.25, 0.3) is 0 Å². The second kappa shape index (κ2) is 6.86. The molecule has 1 atom stereocenters. The Hall–Kier alpha value is -1.67. The number of hydrogen-bond donors (Lipinski definition) is 1. The van der Waals surface area contributed by atoms with Crippen molar-refractivity contribution in [1.82, 2.24) is 10.3 Å². The van der Waals surface area contributed by atoms with Gasteiger partial charge in [0.15, 0.2) is 0 Å². The number of nitrogens with one attached hydrogen (secondary N) is 1. The zero-order valence-electron chi connectivity index (χ0n) is 13.6. The summed E-state index contributed by atoms with van der Waals surface area (Å²) in [6.07, 6.45) is 4.76. The molecule has 21 heavy (non-hydrogen) atoms. The van der Waals surface area contributed by atoms with Crippen molar-refractivity contribution in [3.63, 3.8) is 0 Å². The summed E-state index contributed by atoms with van der Waals surface area (Å²) < 4.78 is 0. The summed E-state index contributed by atoms with van der Waals surface area (Å²) in [6.45, 7) is 9.95. The molecule has 0 amide bonds. The molecule has 1 unspecified atom stereocenters. The lowest BCUT2D eigenvalue weighted by Crippen LogP contribution is -2.26. The first-order chi connectivity index (χ1) is 10.0. The maximum Gasteiger partial charge on any atom is 0.0364 e. The van der Waals surface area contributed by atoms with Crippen molar-refractivity contribution < 1.29 is 0 Å². The van der Waals surface area contributed by atoms with Gasteiger partial charge in [-0.3, -0.25) is 4.98 Å². The van der Waals surface area contributed by atoms with E-state index >= 15 is 0 Å². The average molecular weight is 282 g/mol. The molecule has 2 aromatic rings. The van der Waals surface area contributed by atoms with Gasteiger partial charge in [0.05, 0.1) is 0 Å². The summed E-state index contributed by atoms with van der Waals surface area (Å²) in [6, 6.07) is 13.3. The predicted octanol–water partition coefficient (Wildman–Crippen LogP) is 4.27. The molecular weight excluding hydrogens is 256 g/mol. The van der Waals surface area contributed by atoms with E-state index in [0.717, 1.165) is 13.0 Å². The molecule has 0 aliphatic carbocycles. The Morgan fingerprint density at radius 1 is 1.10 bits per heavy atom. The zero-order chi connectivity index (χ0) is 15.3. The standard InChI is InChI=1S/C19H26N2/c1-5-21-18(13-15-9-8-12-20-14-15)16-10-6-7-11-17(16)19(2,3)4/h6-12,14,18,21H,5,13H2,1-4H3. The Morgan fingerprint density at radius 3 is 2.48 bits per heavy atom. The van der Waals surface area contributed by atoms with Crippen molar-refractivity contribution >= 4 is 0 Å². The minimum Gasteiger partial charge on any atom is -0.310 e. The molecule has 2 heteroatoms. The average Bonchev–Trinajstić information content (AvgIpc) is 2.47. The van der Waals surface area contributed by atoms with Gasteiger partial charge in [0.2, 0.25) is 0 Å². The van der Waals surface area contributed by atoms with E-state index in [4.69, 9.17) is 0 Å². The normalized spacial score (nSPS) is 13.1. The Labute approximate surface area is 128 Å². The molecule has 1 aromatic carbocycles. The van der Waals surface area contributed by atoms with E-state index in [-0.39, 0.29) is 5.41 Å². The monoisotopic (exact) mass is 282 g/mol. The molecule has 0 bridgehead atoms. The van der Waals surface area contributed by atoms with Gasteiger partial charge in [0.25, 0.3) is 0 Å². The third kappa shape index (κ3) is 4.15. The summed E-state index contributed by atoms with van der Waals surface area (Å²) in [7, 11) is 0. The fourth-order valence-electron chi connectivity index (χ4n) is 2.78. The zero-order valence-corrected chi connectivity index (χ0v) is 13.6. The van der Waals surface area contributed by atoms with Crippen LogP contribution < -0.4 is 5.32 Å². The molecule has 1 N–H and O–H groups in total. The van der Waals surface area contributed by atoms with Crippen LogP contribution in [0.3, 0.4) is 0 Å². The van der Waals surface area contributed by atoms with Crippen LogP contribution in [0, 0.1) is 0 Å². The first-order valence-electron chi connectivity index (χ1n) is 7.74. The molecule has 0 saturated carbocycles. The molecule has 2 nitrogen and oxygen atoms in total. The van der Waals surface area contributed by atoms with Crippen LogP contribution in [0.1, 0.15) is 50.4 Å². The van der Waals surface area contributed by atoms with Gasteiger partial charge in [-0.15, -0.1) is 0 Å². The largest absolute Gasteiger partial charge is 0.310 e. The van der Waals surface area contributed by atoms with E-state index in [1.807, 2.05) is 18.5 Å². The highest BCUT2D eigenvalue weighted by atomic mass is 14.9. The number of rotatable bonds is 5. The number of benzene rings is 1. The van der Waals surface area contributed by atoms with Crippen LogP contribution in [0.2, 0.25) is 0 Å². The smallest absolute Gasteiger partial charge is 0.0364 e. The molecule has 1 heterocycles. The van der Waals surface area contributed by atoms with E-state index in [0.29, 0.717) is 6.04 Å². The second-order valence-corrected chi connectivity index (χ2v) is 6.51. The van der Waals surface area contributed by atoms with Crippen LogP contribution in [0.4, 0.5) is 0 Å². The van der Waals surface area contributed by atoms with E-state index in [9.17, 15) is 0 Å². The van der Waals surface area contributed by atoms with E-state index in [1.165, 1.54) is 16.7 Å². The summed E-state index contributed by atoms with van der Waals surface area (Å²) in [5.41, 5.74) is 4.24. The van der Waals surface area contributed by atoms with Crippen LogP contribution in [-0.4, -0.2) is 11.5 Å². The number of pyridine rings is 1. The lowest BCUT2D eigenvalue weighted by Gasteiger charge is -2.28. The van der Waals surface area contributed by atoms with Crippen LogP contribution in [0.5, 0.6) is 0 Å². The van der Waals surface area contributed by atoms with Crippen LogP contribution in [0.15, 0.2) is 48.8 Å². The third-order valence-electron chi connectivity index (χ3n) is 3.76. The Bertz CT molecular complexity index is 555. The van der Waals surface area contributed by atoms with E-state index in [2.05, 4.69) is 68.3 Å². The van der Waals surface area contributed by atoms with Gasteiger partial charge in [-0.25, -0.2) is 0 Å². The Kier molecular flexibility index (Phi) is 5.13. The third-order valence-corrected chi connectivity index (χ3v) is 3.76. The van der Waals surface area contributed by atoms with Crippen molar-refractivity contribution in [2.24, 2.45) is 0 Å². The molecule has 0 saturated heterocycles. The summed E-state index contributed by atoms with van der Waals surface area (Å²) in [4.78, 5) is 4.23. The van der Waals surface area contributed by atoms with E-state index < -0.39 is 0 Å². The van der Waals surface area contributed by atoms with Crippen LogP contribution >= 0.6 is 0 Å². The van der Waals surface area contributed by atoms with Crippen molar-refractivity contribution in [3.05, 3.63) is 65.5 Å². The molecule has 0 aliphatic rings. The molecule has 1 aromatic heterocycles. The SMILES string of the molecule is CCNC(Cc1cccnc1)c1ccccc1C(C)(C)C. The van der Waals surface area contributed by atoms with Gasteiger partial charge in [-0.2, -0.15) is 0 Å². The maximum atomic E-state index is 4.23. The molecule has 0 aliphatic heterocycles. The van der Waals surface area contributed by atoms with Crippen molar-refractivity contribution in [3.8, 4) is 0 Å². The lowest BCUT2D eigenvalue weighted by atomic mass is 9.81. The number of nitrogens with zero attached hydrogens (tertiary/aromatic N) is 1. The minimum atomic E-state index is 0.152. The number of aromatic nitrogens is 1. The maximum absolute atomic E-state index is 4.23. The van der Waals surface area contributed by atoms with Gasteiger partial charge in [-0.1, -0.05) is 58.0 Å². The summed E-state index contributed by atoms with van der Waals surface area (Å²) in [5.74, 6) is 0. The highest BCUT2D eigenvalue weighted by molar-refractivity contribution is 5.36. The molecule has 2 rings (SSSR count). The fourth-order valence-corrected chi connectivity index (χ4v) is 2.78. The van der Waals surface area contributed by atoms with Crippen molar-refractivity contribution in [2.75, 3.05) is 6.54 Å². The topological polar surface area (TPSA) is 24.9 Å². The number of hydrogen-bond acceptors (Lipinski definition) is 2. The number of likely N-dealkylation sites (N-methyl/N-ethyl adjacent to an activating group) is 1. The van der Waals surface area contributed by atoms with Crippen molar-refractivity contribution in [2.45, 2.75) is 45.6 Å². The second-order valence-electron chi connectivity index (χ2n) is 6.51. The first kappa shape index (κ1) is 15.7. The fraction of sp³-hybridized carbons (Fsp3) is 0.421. The van der Waals surface area contributed by atoms with Crippen molar-refractivity contribution in [1.29, 1.82) is 0 Å². The Morgan fingerprint density at radius 2 is 1.86 bits per heavy atom. The molecule has 0 radical (unpaired) electrons. The first-order valence-corrected chi connectivity index (χ1v) is 7.74. The molecule has 0 fully saturated rings. The van der Waals surface area contributed by atoms with Gasteiger partial charge < -0.3 is 5.32 Å². The quantitative estimate of drug-likeness (QED) is 0.885. The summed E-state index contributed by atoms with van der Waals surface area (Å²) >= 11 is 0. The summed E-state index contributed by atoms with van der Waals surface area (Å²) in [5, 5.41) is 3.63. The van der Waals surface area contributed by atoms with Gasteiger partial charge in [0.1, 0.15) is 0 Å². The van der Waals surface area contributed by atoms with Gasteiger partial charge >= 0.3 is 0 Å². The molecule has 0 spiro atoms. The predicted molar refractivity (Wildman–Crippen MR) is 89.5 cm³/mol. The van der Waals surface area contributed by atoms with Gasteiger partial charge in [-0.05, 0) is 41.1 Å². The molecule has 112 valence electrons. The Balaban J connectivity index is 2.35. The molecular formula is C19H26N2. The highest BCUT2D eigenvalue weighted by Crippen LogP contribution is 2.31. The lowest BCUT2D eigenvalue weighted by molar-refractivity contribution is 0.517. The van der Waals surface area contributed by atoms with E-state index in [1.54, 1.807) is 0 Å². The highest BCUT2D eigenvalue weighted by Gasteiger charge is 2.22. The minimum absolute atomic E-state index is 0.152.